The molecule has 0 unspecified atom stereocenters. The van der Waals surface area contributed by atoms with Gasteiger partial charge in [0.2, 0.25) is 0 Å². The Kier molecular flexibility index (Phi) is 3.71. The first-order valence-electron chi connectivity index (χ1n) is 4.24. The Hall–Kier alpha value is -1.63. The van der Waals surface area contributed by atoms with Crippen LogP contribution in [0.4, 0.5) is 0 Å². The van der Waals surface area contributed by atoms with Crippen LogP contribution < -0.4 is 0 Å². The summed E-state index contributed by atoms with van der Waals surface area (Å²) in [6, 6.07) is 3.94. The summed E-state index contributed by atoms with van der Waals surface area (Å²) >= 11 is 0. The standard InChI is InChI=1S/C12H13N/c1-3-5-7-11(4-2)12-8-6-9-13-10-12/h3-10H,2H2,1H3. The molecule has 0 saturated carbocycles. The van der Waals surface area contributed by atoms with Crippen LogP contribution in [0.1, 0.15) is 12.5 Å². The Morgan fingerprint density at radius 3 is 2.92 bits per heavy atom. The first kappa shape index (κ1) is 9.46. The zero-order chi connectivity index (χ0) is 9.52. The molecule has 0 saturated heterocycles. The minimum absolute atomic E-state index is 1.09. The molecule has 0 N–H and O–H groups in total. The number of rotatable bonds is 3. The molecule has 0 aliphatic carbocycles. The van der Waals surface area contributed by atoms with Crippen LogP contribution in [0.25, 0.3) is 5.57 Å². The van der Waals surface area contributed by atoms with Crippen LogP contribution in [-0.2, 0) is 0 Å². The fourth-order valence-electron chi connectivity index (χ4n) is 1.02. The summed E-state index contributed by atoms with van der Waals surface area (Å²) in [4.78, 5) is 4.05. The van der Waals surface area contributed by atoms with E-state index < -0.39 is 0 Å². The van der Waals surface area contributed by atoms with Gasteiger partial charge >= 0.3 is 0 Å². The van der Waals surface area contributed by atoms with E-state index in [0.717, 1.165) is 11.1 Å². The van der Waals surface area contributed by atoms with Gasteiger partial charge < -0.3 is 0 Å². The molecule has 1 nitrogen and oxygen atoms in total. The number of nitrogens with zero attached hydrogens (tertiary/aromatic N) is 1. The lowest BCUT2D eigenvalue weighted by Gasteiger charge is -1.98. The number of allylic oxidation sites excluding steroid dienone is 5. The average molecular weight is 171 g/mol. The predicted octanol–water partition coefficient (Wildman–Crippen LogP) is 3.23. The molecular weight excluding hydrogens is 158 g/mol. The Labute approximate surface area is 79.1 Å². The highest BCUT2D eigenvalue weighted by molar-refractivity contribution is 5.74. The maximum atomic E-state index is 4.05. The number of hydrogen-bond acceptors (Lipinski definition) is 1. The van der Waals surface area contributed by atoms with Crippen molar-refractivity contribution in [2.75, 3.05) is 0 Å². The molecule has 0 spiro atoms. The first-order chi connectivity index (χ1) is 6.38. The molecule has 0 radical (unpaired) electrons. The third kappa shape index (κ3) is 2.71. The maximum Gasteiger partial charge on any atom is 0.0346 e. The van der Waals surface area contributed by atoms with Crippen LogP contribution in [0, 0.1) is 0 Å². The minimum atomic E-state index is 1.09. The van der Waals surface area contributed by atoms with E-state index in [1.807, 2.05) is 49.6 Å². The first-order valence-corrected chi connectivity index (χ1v) is 4.24. The lowest BCUT2D eigenvalue weighted by Crippen LogP contribution is -1.80. The lowest BCUT2D eigenvalue weighted by molar-refractivity contribution is 1.31. The number of aromatic nitrogens is 1. The molecule has 1 aromatic heterocycles. The van der Waals surface area contributed by atoms with Crippen molar-refractivity contribution in [1.29, 1.82) is 0 Å². The van der Waals surface area contributed by atoms with Gasteiger partial charge in [-0.25, -0.2) is 0 Å². The van der Waals surface area contributed by atoms with Gasteiger partial charge in [-0.2, -0.15) is 0 Å². The van der Waals surface area contributed by atoms with Crippen molar-refractivity contribution >= 4 is 5.57 Å². The van der Waals surface area contributed by atoms with E-state index in [1.54, 1.807) is 6.20 Å². The van der Waals surface area contributed by atoms with Gasteiger partial charge in [-0.15, -0.1) is 0 Å². The van der Waals surface area contributed by atoms with E-state index in [9.17, 15) is 0 Å². The second kappa shape index (κ2) is 5.09. The van der Waals surface area contributed by atoms with E-state index in [1.165, 1.54) is 0 Å². The monoisotopic (exact) mass is 171 g/mol. The summed E-state index contributed by atoms with van der Waals surface area (Å²) < 4.78 is 0. The summed E-state index contributed by atoms with van der Waals surface area (Å²) in [5.74, 6) is 0. The predicted molar refractivity (Wildman–Crippen MR) is 57.2 cm³/mol. The van der Waals surface area contributed by atoms with E-state index in [4.69, 9.17) is 0 Å². The highest BCUT2D eigenvalue weighted by Gasteiger charge is 1.93. The van der Waals surface area contributed by atoms with Crippen molar-refractivity contribution in [3.63, 3.8) is 0 Å². The smallest absolute Gasteiger partial charge is 0.0346 e. The van der Waals surface area contributed by atoms with Crippen LogP contribution in [0.15, 0.2) is 55.4 Å². The lowest BCUT2D eigenvalue weighted by atomic mass is 10.1. The topological polar surface area (TPSA) is 12.9 Å². The largest absolute Gasteiger partial charge is 0.264 e. The minimum Gasteiger partial charge on any atom is -0.264 e. The van der Waals surface area contributed by atoms with Gasteiger partial charge in [-0.1, -0.05) is 36.9 Å². The second-order valence-corrected chi connectivity index (χ2v) is 2.59. The summed E-state index contributed by atoms with van der Waals surface area (Å²) in [7, 11) is 0. The molecule has 13 heavy (non-hydrogen) atoms. The van der Waals surface area contributed by atoms with Gasteiger partial charge in [0.05, 0.1) is 0 Å². The maximum absolute atomic E-state index is 4.05. The normalized spacial score (nSPS) is 11.9. The second-order valence-electron chi connectivity index (χ2n) is 2.59. The fourth-order valence-corrected chi connectivity index (χ4v) is 1.02. The molecule has 66 valence electrons. The molecule has 1 heteroatoms. The Morgan fingerprint density at radius 2 is 2.38 bits per heavy atom. The fraction of sp³-hybridized carbons (Fsp3) is 0.0833. The van der Waals surface area contributed by atoms with Crippen LogP contribution in [-0.4, -0.2) is 4.98 Å². The molecule has 0 fully saturated rings. The molecule has 0 aliphatic heterocycles. The van der Waals surface area contributed by atoms with E-state index >= 15 is 0 Å². The van der Waals surface area contributed by atoms with Crippen molar-refractivity contribution in [3.05, 3.63) is 61.0 Å². The van der Waals surface area contributed by atoms with E-state index in [2.05, 4.69) is 11.6 Å². The van der Waals surface area contributed by atoms with Crippen LogP contribution >= 0.6 is 0 Å². The van der Waals surface area contributed by atoms with Crippen molar-refractivity contribution in [1.82, 2.24) is 4.98 Å². The van der Waals surface area contributed by atoms with Gasteiger partial charge in [-0.3, -0.25) is 4.98 Å². The molecular formula is C12H13N. The summed E-state index contributed by atoms with van der Waals surface area (Å²) in [6.45, 7) is 5.75. The zero-order valence-corrected chi connectivity index (χ0v) is 7.77. The van der Waals surface area contributed by atoms with Crippen LogP contribution in [0.3, 0.4) is 0 Å². The molecule has 0 bridgehead atoms. The molecule has 1 aromatic rings. The summed E-state index contributed by atoms with van der Waals surface area (Å²) in [6.07, 6.45) is 11.4. The summed E-state index contributed by atoms with van der Waals surface area (Å²) in [5.41, 5.74) is 2.18. The number of hydrogen-bond donors (Lipinski definition) is 0. The van der Waals surface area contributed by atoms with E-state index in [0.29, 0.717) is 0 Å². The highest BCUT2D eigenvalue weighted by Crippen LogP contribution is 2.13. The average Bonchev–Trinajstić information content (AvgIpc) is 2.21. The Morgan fingerprint density at radius 1 is 1.54 bits per heavy atom. The zero-order valence-electron chi connectivity index (χ0n) is 7.77. The Bertz CT molecular complexity index is 320. The van der Waals surface area contributed by atoms with Gasteiger partial charge in [0.25, 0.3) is 0 Å². The SMILES string of the molecule is C=CC(=CC=CC)c1cccnc1. The van der Waals surface area contributed by atoms with Gasteiger partial charge in [-0.05, 0) is 24.1 Å². The Balaban J connectivity index is 2.98. The molecule has 0 aromatic carbocycles. The quantitative estimate of drug-likeness (QED) is 0.636. The molecule has 0 aliphatic rings. The molecule has 1 rings (SSSR count). The third-order valence-electron chi connectivity index (χ3n) is 1.68. The van der Waals surface area contributed by atoms with Crippen LogP contribution in [0.2, 0.25) is 0 Å². The van der Waals surface area contributed by atoms with Crippen LogP contribution in [0.5, 0.6) is 0 Å². The number of pyridine rings is 1. The van der Waals surface area contributed by atoms with Crippen molar-refractivity contribution in [2.24, 2.45) is 0 Å². The molecule has 0 amide bonds. The van der Waals surface area contributed by atoms with Gasteiger partial charge in [0.1, 0.15) is 0 Å². The van der Waals surface area contributed by atoms with Gasteiger partial charge in [0, 0.05) is 12.4 Å². The van der Waals surface area contributed by atoms with Gasteiger partial charge in [0.15, 0.2) is 0 Å². The highest BCUT2D eigenvalue weighted by atomic mass is 14.6. The van der Waals surface area contributed by atoms with E-state index in [-0.39, 0.29) is 0 Å². The van der Waals surface area contributed by atoms with Crippen molar-refractivity contribution in [3.8, 4) is 0 Å². The molecule has 0 atom stereocenters. The van der Waals surface area contributed by atoms with Crippen molar-refractivity contribution in [2.45, 2.75) is 6.92 Å². The third-order valence-corrected chi connectivity index (χ3v) is 1.68. The molecule has 1 heterocycles. The van der Waals surface area contributed by atoms with Crippen molar-refractivity contribution < 1.29 is 0 Å². The summed E-state index contributed by atoms with van der Waals surface area (Å²) in [5, 5.41) is 0.